The molecule has 2 aliphatic rings. The van der Waals surface area contributed by atoms with Gasteiger partial charge in [0, 0.05) is 11.6 Å². The van der Waals surface area contributed by atoms with E-state index in [4.69, 9.17) is 39.8 Å². The molecule has 1 aromatic heterocycles. The number of hydrogen-bond donors (Lipinski definition) is 0. The molecule has 10 heteroatoms. The van der Waals surface area contributed by atoms with E-state index in [0.29, 0.717) is 37.2 Å². The molecular formula is C18H13Cl2NO4S3. The van der Waals surface area contributed by atoms with Gasteiger partial charge in [0.05, 0.1) is 32.5 Å². The Hall–Kier alpha value is -1.32. The van der Waals surface area contributed by atoms with Gasteiger partial charge in [0.25, 0.3) is 5.91 Å². The molecule has 0 N–H and O–H groups in total. The molecule has 0 spiro atoms. The lowest BCUT2D eigenvalue weighted by molar-refractivity contribution is -0.123. The second-order valence-electron chi connectivity index (χ2n) is 6.44. The molecule has 146 valence electrons. The zero-order chi connectivity index (χ0) is 20.1. The number of thiocarbonyl (C=S) groups is 1. The third-order valence-electron chi connectivity index (χ3n) is 4.50. The molecule has 3 heterocycles. The van der Waals surface area contributed by atoms with Crippen molar-refractivity contribution in [3.63, 3.8) is 0 Å². The highest BCUT2D eigenvalue weighted by atomic mass is 35.5. The highest BCUT2D eigenvalue weighted by Gasteiger charge is 2.42. The van der Waals surface area contributed by atoms with Crippen LogP contribution in [0.25, 0.3) is 17.4 Å². The lowest BCUT2D eigenvalue weighted by Crippen LogP contribution is -2.39. The summed E-state index contributed by atoms with van der Waals surface area (Å²) >= 11 is 18.4. The summed E-state index contributed by atoms with van der Waals surface area (Å²) in [5.74, 6) is 0.820. The molecular weight excluding hydrogens is 461 g/mol. The fraction of sp³-hybridized carbons (Fsp3) is 0.222. The van der Waals surface area contributed by atoms with Crippen molar-refractivity contribution in [3.8, 4) is 11.3 Å². The third kappa shape index (κ3) is 3.89. The minimum atomic E-state index is -3.11. The number of thioether (sulfide) groups is 1. The third-order valence-corrected chi connectivity index (χ3v) is 8.32. The normalized spacial score (nSPS) is 23.1. The smallest absolute Gasteiger partial charge is 0.266 e. The molecule has 2 saturated heterocycles. The van der Waals surface area contributed by atoms with Crippen LogP contribution in [0.3, 0.4) is 0 Å². The average molecular weight is 474 g/mol. The number of amides is 1. The average Bonchev–Trinajstić information content (AvgIpc) is 3.29. The Morgan fingerprint density at radius 3 is 2.68 bits per heavy atom. The largest absolute Gasteiger partial charge is 0.457 e. The Labute approximate surface area is 181 Å². The highest BCUT2D eigenvalue weighted by Crippen LogP contribution is 2.37. The maximum Gasteiger partial charge on any atom is 0.266 e. The van der Waals surface area contributed by atoms with Gasteiger partial charge in [-0.15, -0.1) is 0 Å². The van der Waals surface area contributed by atoms with Gasteiger partial charge >= 0.3 is 0 Å². The molecule has 28 heavy (non-hydrogen) atoms. The number of nitrogens with zero attached hydrogens (tertiary/aromatic N) is 1. The van der Waals surface area contributed by atoms with Crippen LogP contribution in [0, 0.1) is 0 Å². The van der Waals surface area contributed by atoms with Gasteiger partial charge in [-0.05, 0) is 36.8 Å². The van der Waals surface area contributed by atoms with Gasteiger partial charge in [0.2, 0.25) is 0 Å². The maximum absolute atomic E-state index is 12.8. The second-order valence-corrected chi connectivity index (χ2v) is 11.2. The molecule has 0 aliphatic carbocycles. The van der Waals surface area contributed by atoms with Crippen LogP contribution >= 0.6 is 47.2 Å². The van der Waals surface area contributed by atoms with Crippen LogP contribution in [-0.4, -0.2) is 41.1 Å². The monoisotopic (exact) mass is 473 g/mol. The van der Waals surface area contributed by atoms with Crippen LogP contribution in [0.5, 0.6) is 0 Å². The van der Waals surface area contributed by atoms with Gasteiger partial charge in [0.1, 0.15) is 15.8 Å². The molecule has 1 unspecified atom stereocenters. The van der Waals surface area contributed by atoms with Crippen LogP contribution in [0.4, 0.5) is 0 Å². The van der Waals surface area contributed by atoms with Crippen molar-refractivity contribution < 1.29 is 17.6 Å². The topological polar surface area (TPSA) is 67.6 Å². The number of hydrogen-bond acceptors (Lipinski definition) is 6. The van der Waals surface area contributed by atoms with Crippen LogP contribution in [0.1, 0.15) is 12.2 Å². The van der Waals surface area contributed by atoms with Gasteiger partial charge in [-0.2, -0.15) is 0 Å². The Morgan fingerprint density at radius 1 is 1.21 bits per heavy atom. The van der Waals surface area contributed by atoms with E-state index >= 15 is 0 Å². The van der Waals surface area contributed by atoms with E-state index in [1.165, 1.54) is 4.90 Å². The fourth-order valence-electron chi connectivity index (χ4n) is 3.14. The molecule has 1 amide bonds. The van der Waals surface area contributed by atoms with E-state index < -0.39 is 15.9 Å². The van der Waals surface area contributed by atoms with Crippen molar-refractivity contribution in [2.45, 2.75) is 12.5 Å². The summed E-state index contributed by atoms with van der Waals surface area (Å²) in [4.78, 5) is 14.6. The SMILES string of the molecule is O=C1C(=Cc2ccc(-c3ccc(Cl)c(Cl)c3)o2)SC(=S)N1C1CCS(=O)(=O)C1. The van der Waals surface area contributed by atoms with Crippen molar-refractivity contribution >= 4 is 73.3 Å². The van der Waals surface area contributed by atoms with Crippen molar-refractivity contribution in [1.82, 2.24) is 4.90 Å². The molecule has 4 rings (SSSR count). The molecule has 1 aromatic carbocycles. The summed E-state index contributed by atoms with van der Waals surface area (Å²) < 4.78 is 29.6. The number of carbonyl (C=O) groups excluding carboxylic acids is 1. The standard InChI is InChI=1S/C18H13Cl2NO4S3/c19-13-3-1-10(7-14(13)20)15-4-2-12(25-15)8-16-17(22)21(18(26)27-16)11-5-6-28(23,24)9-11/h1-4,7-8,11H,5-6,9H2. The summed E-state index contributed by atoms with van der Waals surface area (Å²) in [6.45, 7) is 0. The van der Waals surface area contributed by atoms with Gasteiger partial charge in [-0.1, -0.05) is 47.2 Å². The number of benzene rings is 1. The van der Waals surface area contributed by atoms with E-state index in [1.54, 1.807) is 36.4 Å². The lowest BCUT2D eigenvalue weighted by atomic mass is 10.2. The predicted octanol–water partition coefficient (Wildman–Crippen LogP) is 4.64. The fourth-order valence-corrected chi connectivity index (χ4v) is 6.52. The van der Waals surface area contributed by atoms with Gasteiger partial charge < -0.3 is 4.42 Å². The molecule has 0 radical (unpaired) electrons. The molecule has 2 aromatic rings. The number of furan rings is 1. The Morgan fingerprint density at radius 2 is 2.00 bits per heavy atom. The van der Waals surface area contributed by atoms with Gasteiger partial charge in [0.15, 0.2) is 9.84 Å². The number of halogens is 2. The van der Waals surface area contributed by atoms with Crippen LogP contribution < -0.4 is 0 Å². The summed E-state index contributed by atoms with van der Waals surface area (Å²) in [6.07, 6.45) is 2.02. The zero-order valence-electron chi connectivity index (χ0n) is 14.2. The Bertz CT molecular complexity index is 1120. The first kappa shape index (κ1) is 20.0. The summed E-state index contributed by atoms with van der Waals surface area (Å²) in [5, 5.41) is 0.874. The molecule has 2 aliphatic heterocycles. The van der Waals surface area contributed by atoms with E-state index in [1.807, 2.05) is 0 Å². The molecule has 2 fully saturated rings. The van der Waals surface area contributed by atoms with Crippen molar-refractivity contribution in [2.24, 2.45) is 0 Å². The van der Waals surface area contributed by atoms with Crippen molar-refractivity contribution in [3.05, 3.63) is 51.0 Å². The highest BCUT2D eigenvalue weighted by molar-refractivity contribution is 8.26. The second kappa shape index (κ2) is 7.50. The maximum atomic E-state index is 12.8. The lowest BCUT2D eigenvalue weighted by Gasteiger charge is -2.20. The van der Waals surface area contributed by atoms with Crippen LogP contribution in [0.15, 0.2) is 39.7 Å². The predicted molar refractivity (Wildman–Crippen MR) is 116 cm³/mol. The number of rotatable bonds is 3. The zero-order valence-corrected chi connectivity index (χ0v) is 18.2. The molecule has 0 bridgehead atoms. The summed E-state index contributed by atoms with van der Waals surface area (Å²) in [7, 11) is -3.11. The minimum Gasteiger partial charge on any atom is -0.457 e. The van der Waals surface area contributed by atoms with E-state index in [9.17, 15) is 13.2 Å². The first-order valence-electron chi connectivity index (χ1n) is 8.26. The number of sulfone groups is 1. The minimum absolute atomic E-state index is 0.0467. The number of carbonyl (C=O) groups is 1. The van der Waals surface area contributed by atoms with Crippen molar-refractivity contribution in [1.29, 1.82) is 0 Å². The first-order valence-corrected chi connectivity index (χ1v) is 12.1. The molecule has 1 atom stereocenters. The van der Waals surface area contributed by atoms with E-state index in [-0.39, 0.29) is 17.4 Å². The van der Waals surface area contributed by atoms with Gasteiger partial charge in [-0.25, -0.2) is 8.42 Å². The molecule has 0 saturated carbocycles. The van der Waals surface area contributed by atoms with Crippen LogP contribution in [-0.2, 0) is 14.6 Å². The Kier molecular flexibility index (Phi) is 5.35. The summed E-state index contributed by atoms with van der Waals surface area (Å²) in [6, 6.07) is 8.29. The van der Waals surface area contributed by atoms with E-state index in [2.05, 4.69) is 0 Å². The van der Waals surface area contributed by atoms with E-state index in [0.717, 1.165) is 17.3 Å². The quantitative estimate of drug-likeness (QED) is 0.477. The molecule has 5 nitrogen and oxygen atoms in total. The van der Waals surface area contributed by atoms with Crippen molar-refractivity contribution in [2.75, 3.05) is 11.5 Å². The summed E-state index contributed by atoms with van der Waals surface area (Å²) in [5.41, 5.74) is 0.762. The Balaban J connectivity index is 1.57. The first-order chi connectivity index (χ1) is 13.2. The van der Waals surface area contributed by atoms with Gasteiger partial charge in [-0.3, -0.25) is 9.69 Å². The van der Waals surface area contributed by atoms with Crippen LogP contribution in [0.2, 0.25) is 10.0 Å².